The molecule has 0 saturated carbocycles. The van der Waals surface area contributed by atoms with E-state index in [1.807, 2.05) is 0 Å². The van der Waals surface area contributed by atoms with Crippen LogP contribution in [0.2, 0.25) is 0 Å². The Kier molecular flexibility index (Phi) is 6.70. The Hall–Kier alpha value is -0.610. The van der Waals surface area contributed by atoms with Crippen molar-refractivity contribution in [3.8, 4) is 0 Å². The van der Waals surface area contributed by atoms with Crippen LogP contribution in [0.4, 0.5) is 0 Å². The van der Waals surface area contributed by atoms with Crippen molar-refractivity contribution in [3.05, 3.63) is 5.21 Å². The lowest BCUT2D eigenvalue weighted by atomic mass is 10.2. The summed E-state index contributed by atoms with van der Waals surface area (Å²) in [5, 5.41) is 10.7. The minimum Gasteiger partial charge on any atom is -0.634 e. The summed E-state index contributed by atoms with van der Waals surface area (Å²) in [4.78, 5) is 10.8. The van der Waals surface area contributed by atoms with Crippen LogP contribution >= 0.6 is 0 Å². The van der Waals surface area contributed by atoms with Gasteiger partial charge in [-0.3, -0.25) is 4.79 Å². The number of esters is 1. The molecule has 0 rings (SSSR count). The smallest absolute Gasteiger partial charge is 0.305 e. The fourth-order valence-corrected chi connectivity index (χ4v) is 0.876. The highest BCUT2D eigenvalue weighted by Crippen LogP contribution is 1.95. The molecule has 1 unspecified atom stereocenters. The van der Waals surface area contributed by atoms with Gasteiger partial charge in [-0.1, -0.05) is 0 Å². The lowest BCUT2D eigenvalue weighted by Gasteiger charge is -2.15. The van der Waals surface area contributed by atoms with Crippen LogP contribution in [0.3, 0.4) is 0 Å². The lowest BCUT2D eigenvalue weighted by Crippen LogP contribution is -3.03. The number of hydrogen-bond acceptors (Lipinski definition) is 3. The molecular formula is C8H17NO3. The molecule has 4 heteroatoms. The summed E-state index contributed by atoms with van der Waals surface area (Å²) in [5.74, 6) is -0.166. The molecule has 1 atom stereocenters. The number of quaternary nitrogens is 1. The first-order chi connectivity index (χ1) is 5.66. The number of unbranched alkanes of at least 4 members (excludes halogenated alkanes) is 1. The maximum atomic E-state index is 10.8. The molecule has 0 aromatic heterocycles. The van der Waals surface area contributed by atoms with Crippen molar-refractivity contribution in [2.45, 2.75) is 26.2 Å². The summed E-state index contributed by atoms with van der Waals surface area (Å²) >= 11 is 0. The Bertz CT molecular complexity index is 125. The highest BCUT2D eigenvalue weighted by atomic mass is 16.5. The van der Waals surface area contributed by atoms with Crippen molar-refractivity contribution in [3.63, 3.8) is 0 Å². The SMILES string of the molecule is CCOC(=O)CCCC[NH+](C)[O-]. The normalized spacial score (nSPS) is 12.6. The molecule has 0 aliphatic rings. The second-order valence-electron chi connectivity index (χ2n) is 2.71. The quantitative estimate of drug-likeness (QED) is 0.343. The van der Waals surface area contributed by atoms with Crippen LogP contribution in [0, 0.1) is 5.21 Å². The number of ether oxygens (including phenoxy) is 1. The van der Waals surface area contributed by atoms with E-state index in [9.17, 15) is 10.0 Å². The fourth-order valence-electron chi connectivity index (χ4n) is 0.876. The molecule has 0 spiro atoms. The minimum absolute atomic E-state index is 0.166. The molecule has 0 fully saturated rings. The number of hydroxylamine groups is 2. The van der Waals surface area contributed by atoms with Gasteiger partial charge < -0.3 is 15.0 Å². The summed E-state index contributed by atoms with van der Waals surface area (Å²) < 4.78 is 4.73. The molecule has 0 heterocycles. The van der Waals surface area contributed by atoms with Gasteiger partial charge in [-0.2, -0.15) is 0 Å². The standard InChI is InChI=1S/C8H17NO3/c1-3-12-8(10)6-4-5-7-9(2)11/h9H,3-7H2,1-2H3. The van der Waals surface area contributed by atoms with Gasteiger partial charge in [0.1, 0.15) is 0 Å². The Labute approximate surface area is 73.1 Å². The molecule has 4 nitrogen and oxygen atoms in total. The molecule has 0 radical (unpaired) electrons. The highest BCUT2D eigenvalue weighted by molar-refractivity contribution is 5.69. The van der Waals surface area contributed by atoms with Gasteiger partial charge in [0.05, 0.1) is 20.2 Å². The first-order valence-electron chi connectivity index (χ1n) is 4.32. The van der Waals surface area contributed by atoms with Gasteiger partial charge in [0.25, 0.3) is 0 Å². The molecule has 72 valence electrons. The van der Waals surface area contributed by atoms with Crippen LogP contribution in [0.25, 0.3) is 0 Å². The van der Waals surface area contributed by atoms with Gasteiger partial charge >= 0.3 is 5.97 Å². The summed E-state index contributed by atoms with van der Waals surface area (Å²) in [6, 6.07) is 0. The Balaban J connectivity index is 3.14. The molecule has 12 heavy (non-hydrogen) atoms. The average Bonchev–Trinajstić information content (AvgIpc) is 1.98. The summed E-state index contributed by atoms with van der Waals surface area (Å²) in [6.07, 6.45) is 1.97. The van der Waals surface area contributed by atoms with Crippen molar-refractivity contribution in [2.24, 2.45) is 0 Å². The van der Waals surface area contributed by atoms with Crippen LogP contribution in [-0.4, -0.2) is 26.2 Å². The third-order valence-corrected chi connectivity index (χ3v) is 1.47. The van der Waals surface area contributed by atoms with E-state index in [4.69, 9.17) is 4.74 Å². The van der Waals surface area contributed by atoms with E-state index < -0.39 is 0 Å². The fraction of sp³-hybridized carbons (Fsp3) is 0.875. The zero-order chi connectivity index (χ0) is 9.40. The predicted molar refractivity (Wildman–Crippen MR) is 45.6 cm³/mol. The van der Waals surface area contributed by atoms with Gasteiger partial charge in [-0.25, -0.2) is 0 Å². The van der Waals surface area contributed by atoms with E-state index in [-0.39, 0.29) is 11.0 Å². The molecule has 0 amide bonds. The molecule has 0 aliphatic heterocycles. The Morgan fingerprint density at radius 3 is 2.67 bits per heavy atom. The van der Waals surface area contributed by atoms with Crippen LogP contribution < -0.4 is 5.06 Å². The van der Waals surface area contributed by atoms with Gasteiger partial charge in [0.2, 0.25) is 0 Å². The number of rotatable bonds is 6. The van der Waals surface area contributed by atoms with Crippen molar-refractivity contribution in [2.75, 3.05) is 20.2 Å². The third-order valence-electron chi connectivity index (χ3n) is 1.47. The minimum atomic E-state index is -0.166. The Morgan fingerprint density at radius 1 is 1.50 bits per heavy atom. The van der Waals surface area contributed by atoms with Gasteiger partial charge in [-0.15, -0.1) is 0 Å². The van der Waals surface area contributed by atoms with E-state index in [0.717, 1.165) is 12.8 Å². The van der Waals surface area contributed by atoms with Crippen LogP contribution in [0.5, 0.6) is 0 Å². The topological polar surface area (TPSA) is 53.8 Å². The van der Waals surface area contributed by atoms with E-state index >= 15 is 0 Å². The average molecular weight is 175 g/mol. The number of carbonyl (C=O) groups excluding carboxylic acids is 1. The van der Waals surface area contributed by atoms with Gasteiger partial charge in [0.15, 0.2) is 0 Å². The van der Waals surface area contributed by atoms with E-state index in [0.29, 0.717) is 19.6 Å². The second kappa shape index (κ2) is 7.06. The molecule has 0 aliphatic carbocycles. The van der Waals surface area contributed by atoms with Crippen LogP contribution in [-0.2, 0) is 9.53 Å². The van der Waals surface area contributed by atoms with Gasteiger partial charge in [-0.05, 0) is 19.8 Å². The molecule has 1 N–H and O–H groups in total. The number of nitrogens with one attached hydrogen (secondary N) is 1. The largest absolute Gasteiger partial charge is 0.634 e. The maximum Gasteiger partial charge on any atom is 0.305 e. The number of carbonyl (C=O) groups is 1. The summed E-state index contributed by atoms with van der Waals surface area (Å²) in [7, 11) is 1.56. The van der Waals surface area contributed by atoms with Gasteiger partial charge in [0, 0.05) is 6.42 Å². The highest BCUT2D eigenvalue weighted by Gasteiger charge is 2.00. The van der Waals surface area contributed by atoms with Crippen LogP contribution in [0.15, 0.2) is 0 Å². The van der Waals surface area contributed by atoms with E-state index in [1.54, 1.807) is 14.0 Å². The van der Waals surface area contributed by atoms with Crippen molar-refractivity contribution < 1.29 is 14.6 Å². The Morgan fingerprint density at radius 2 is 2.17 bits per heavy atom. The molecule has 0 saturated heterocycles. The van der Waals surface area contributed by atoms with Crippen molar-refractivity contribution >= 4 is 5.97 Å². The second-order valence-corrected chi connectivity index (χ2v) is 2.71. The predicted octanol–water partition coefficient (Wildman–Crippen LogP) is -0.268. The van der Waals surface area contributed by atoms with E-state index in [1.165, 1.54) is 0 Å². The molecule has 0 aromatic rings. The lowest BCUT2D eigenvalue weighted by molar-refractivity contribution is -0.826. The van der Waals surface area contributed by atoms with Crippen molar-refractivity contribution in [1.82, 2.24) is 0 Å². The molecule has 0 aromatic carbocycles. The zero-order valence-electron chi connectivity index (χ0n) is 7.76. The molecule has 0 bridgehead atoms. The van der Waals surface area contributed by atoms with Crippen molar-refractivity contribution in [1.29, 1.82) is 0 Å². The number of hydrogen-bond donors (Lipinski definition) is 1. The summed E-state index contributed by atoms with van der Waals surface area (Å²) in [5.41, 5.74) is 0. The molecular weight excluding hydrogens is 158 g/mol. The third kappa shape index (κ3) is 7.50. The maximum absolute atomic E-state index is 10.8. The monoisotopic (exact) mass is 175 g/mol. The van der Waals surface area contributed by atoms with Crippen LogP contribution in [0.1, 0.15) is 26.2 Å². The summed E-state index contributed by atoms with van der Waals surface area (Å²) in [6.45, 7) is 2.79. The van der Waals surface area contributed by atoms with E-state index in [2.05, 4.69) is 0 Å². The first kappa shape index (κ1) is 11.4. The first-order valence-corrected chi connectivity index (χ1v) is 4.32. The zero-order valence-corrected chi connectivity index (χ0v) is 7.76.